The van der Waals surface area contributed by atoms with Crippen LogP contribution in [0.1, 0.15) is 26.7 Å². The van der Waals surface area contributed by atoms with E-state index in [0.717, 1.165) is 0 Å². The maximum atomic E-state index is 13.2. The van der Waals surface area contributed by atoms with Crippen molar-refractivity contribution < 1.29 is 22.7 Å². The highest BCUT2D eigenvalue weighted by atomic mass is 19.4. The molecule has 0 aromatic heterocycles. The minimum Gasteiger partial charge on any atom is -0.376 e. The molecule has 19 heavy (non-hydrogen) atoms. The number of carbonyl (C=O) groups is 1. The van der Waals surface area contributed by atoms with Gasteiger partial charge in [0.2, 0.25) is 5.91 Å². The van der Waals surface area contributed by atoms with Gasteiger partial charge in [-0.15, -0.1) is 0 Å². The molecule has 2 fully saturated rings. The predicted octanol–water partition coefficient (Wildman–Crippen LogP) is 1.21. The largest absolute Gasteiger partial charge is 0.404 e. The van der Waals surface area contributed by atoms with Gasteiger partial charge in [-0.1, -0.05) is 0 Å². The fourth-order valence-corrected chi connectivity index (χ4v) is 2.63. The number of nitrogens with one attached hydrogen (secondary N) is 2. The molecule has 0 aromatic rings. The number of hydrogen-bond acceptors (Lipinski definition) is 3. The van der Waals surface area contributed by atoms with Gasteiger partial charge in [0, 0.05) is 13.2 Å². The number of carbonyl (C=O) groups excluding carboxylic acids is 1. The molecule has 3 atom stereocenters. The minimum atomic E-state index is -4.54. The lowest BCUT2D eigenvalue weighted by atomic mass is 9.83. The summed E-state index contributed by atoms with van der Waals surface area (Å²) in [6.07, 6.45) is -4.51. The third-order valence-electron chi connectivity index (χ3n) is 4.42. The predicted molar refractivity (Wildman–Crippen MR) is 62.6 cm³/mol. The van der Waals surface area contributed by atoms with Crippen LogP contribution >= 0.6 is 0 Å². The molecule has 0 radical (unpaired) electrons. The van der Waals surface area contributed by atoms with E-state index in [1.165, 1.54) is 0 Å². The first-order valence-electron chi connectivity index (χ1n) is 6.43. The zero-order valence-corrected chi connectivity index (χ0v) is 11.1. The van der Waals surface area contributed by atoms with Crippen molar-refractivity contribution in [1.82, 2.24) is 10.6 Å². The molecule has 2 aliphatic heterocycles. The molecule has 2 heterocycles. The zero-order chi connectivity index (χ0) is 14.3. The van der Waals surface area contributed by atoms with Gasteiger partial charge in [0.05, 0.1) is 11.6 Å². The Labute approximate surface area is 110 Å². The van der Waals surface area contributed by atoms with Gasteiger partial charge in [-0.2, -0.15) is 13.2 Å². The molecule has 110 valence electrons. The first-order chi connectivity index (χ1) is 8.71. The van der Waals surface area contributed by atoms with E-state index in [0.29, 0.717) is 13.0 Å². The number of alkyl halides is 3. The topological polar surface area (TPSA) is 50.4 Å². The number of rotatable bonds is 2. The first kappa shape index (κ1) is 14.6. The molecule has 0 aromatic carbocycles. The standard InChI is InChI=1S/C12H19F3N2O2/c1-8-10(2,4-6-19-8)17-9(18)11(12(13,14)15)3-5-16-7-11/h8,16H,3-7H2,1-2H3,(H,17,18). The Morgan fingerprint density at radius 1 is 1.42 bits per heavy atom. The van der Waals surface area contributed by atoms with Crippen molar-refractivity contribution >= 4 is 5.91 Å². The van der Waals surface area contributed by atoms with Gasteiger partial charge >= 0.3 is 6.18 Å². The zero-order valence-electron chi connectivity index (χ0n) is 11.1. The van der Waals surface area contributed by atoms with Gasteiger partial charge in [-0.25, -0.2) is 0 Å². The van der Waals surface area contributed by atoms with E-state index in [-0.39, 0.29) is 25.6 Å². The maximum absolute atomic E-state index is 13.2. The number of halogens is 3. The van der Waals surface area contributed by atoms with E-state index in [1.807, 2.05) is 0 Å². The van der Waals surface area contributed by atoms with Crippen LogP contribution in [-0.2, 0) is 9.53 Å². The van der Waals surface area contributed by atoms with Crippen molar-refractivity contribution in [3.63, 3.8) is 0 Å². The molecule has 0 spiro atoms. The SMILES string of the molecule is CC1OCCC1(C)NC(=O)C1(C(F)(F)F)CCNC1. The highest BCUT2D eigenvalue weighted by Gasteiger charge is 2.62. The molecular formula is C12H19F3N2O2. The Kier molecular flexibility index (Phi) is 3.55. The van der Waals surface area contributed by atoms with Crippen molar-refractivity contribution in [2.75, 3.05) is 19.7 Å². The second-order valence-corrected chi connectivity index (χ2v) is 5.64. The van der Waals surface area contributed by atoms with Crippen LogP contribution in [-0.4, -0.2) is 43.4 Å². The molecule has 7 heteroatoms. The first-order valence-corrected chi connectivity index (χ1v) is 6.43. The molecular weight excluding hydrogens is 261 g/mol. The van der Waals surface area contributed by atoms with Crippen LogP contribution < -0.4 is 10.6 Å². The Hall–Kier alpha value is -0.820. The summed E-state index contributed by atoms with van der Waals surface area (Å²) in [5.41, 5.74) is -3.03. The smallest absolute Gasteiger partial charge is 0.376 e. The average molecular weight is 280 g/mol. The van der Waals surface area contributed by atoms with Crippen LogP contribution in [0, 0.1) is 5.41 Å². The van der Waals surface area contributed by atoms with Gasteiger partial charge in [-0.05, 0) is 33.2 Å². The summed E-state index contributed by atoms with van der Waals surface area (Å²) in [6, 6.07) is 0. The van der Waals surface area contributed by atoms with E-state index in [9.17, 15) is 18.0 Å². The summed E-state index contributed by atoms with van der Waals surface area (Å²) in [5, 5.41) is 5.21. The summed E-state index contributed by atoms with van der Waals surface area (Å²) in [6.45, 7) is 3.80. The van der Waals surface area contributed by atoms with Crippen molar-refractivity contribution in [1.29, 1.82) is 0 Å². The van der Waals surface area contributed by atoms with Crippen molar-refractivity contribution in [3.05, 3.63) is 0 Å². The van der Waals surface area contributed by atoms with Gasteiger partial charge in [0.1, 0.15) is 0 Å². The normalized spacial score (nSPS) is 39.5. The second-order valence-electron chi connectivity index (χ2n) is 5.64. The van der Waals surface area contributed by atoms with Crippen LogP contribution in [0.4, 0.5) is 13.2 Å². The van der Waals surface area contributed by atoms with Gasteiger partial charge < -0.3 is 15.4 Å². The molecule has 0 saturated carbocycles. The molecule has 2 saturated heterocycles. The van der Waals surface area contributed by atoms with Crippen molar-refractivity contribution in [3.8, 4) is 0 Å². The summed E-state index contributed by atoms with van der Waals surface area (Å²) >= 11 is 0. The summed E-state index contributed by atoms with van der Waals surface area (Å²) in [4.78, 5) is 12.2. The maximum Gasteiger partial charge on any atom is 0.404 e. The third-order valence-corrected chi connectivity index (χ3v) is 4.42. The van der Waals surface area contributed by atoms with Crippen molar-refractivity contribution in [2.24, 2.45) is 5.41 Å². The summed E-state index contributed by atoms with van der Waals surface area (Å²) in [7, 11) is 0. The van der Waals surface area contributed by atoms with E-state index in [4.69, 9.17) is 4.74 Å². The number of ether oxygens (including phenoxy) is 1. The molecule has 2 N–H and O–H groups in total. The molecule has 1 amide bonds. The Morgan fingerprint density at radius 2 is 2.11 bits per heavy atom. The average Bonchev–Trinajstić information content (AvgIpc) is 2.87. The van der Waals surface area contributed by atoms with Crippen LogP contribution in [0.25, 0.3) is 0 Å². The fourth-order valence-electron chi connectivity index (χ4n) is 2.63. The van der Waals surface area contributed by atoms with Gasteiger partial charge in [0.15, 0.2) is 5.41 Å². The fraction of sp³-hybridized carbons (Fsp3) is 0.917. The van der Waals surface area contributed by atoms with Crippen molar-refractivity contribution in [2.45, 2.75) is 44.5 Å². The molecule has 2 aliphatic rings. The van der Waals surface area contributed by atoms with Crippen LogP contribution in [0.2, 0.25) is 0 Å². The van der Waals surface area contributed by atoms with Crippen LogP contribution in [0.5, 0.6) is 0 Å². The summed E-state index contributed by atoms with van der Waals surface area (Å²) < 4.78 is 45.0. The van der Waals surface area contributed by atoms with Crippen LogP contribution in [0.3, 0.4) is 0 Å². The van der Waals surface area contributed by atoms with E-state index in [2.05, 4.69) is 10.6 Å². The Bertz CT molecular complexity index is 366. The molecule has 3 unspecified atom stereocenters. The lowest BCUT2D eigenvalue weighted by Crippen LogP contribution is -2.59. The third kappa shape index (κ3) is 2.33. The molecule has 2 rings (SSSR count). The highest BCUT2D eigenvalue weighted by Crippen LogP contribution is 2.44. The van der Waals surface area contributed by atoms with E-state index < -0.39 is 23.0 Å². The Morgan fingerprint density at radius 3 is 2.53 bits per heavy atom. The molecule has 4 nitrogen and oxygen atoms in total. The van der Waals surface area contributed by atoms with E-state index >= 15 is 0 Å². The van der Waals surface area contributed by atoms with Gasteiger partial charge in [0.25, 0.3) is 0 Å². The molecule has 0 aliphatic carbocycles. The second kappa shape index (κ2) is 4.63. The van der Waals surface area contributed by atoms with Crippen LogP contribution in [0.15, 0.2) is 0 Å². The summed E-state index contributed by atoms with van der Waals surface area (Å²) in [5.74, 6) is -0.940. The van der Waals surface area contributed by atoms with Gasteiger partial charge in [-0.3, -0.25) is 4.79 Å². The lowest BCUT2D eigenvalue weighted by molar-refractivity contribution is -0.217. The lowest BCUT2D eigenvalue weighted by Gasteiger charge is -2.36. The number of hydrogen-bond donors (Lipinski definition) is 2. The minimum absolute atomic E-state index is 0.204. The quantitative estimate of drug-likeness (QED) is 0.799. The Balaban J connectivity index is 2.18. The highest BCUT2D eigenvalue weighted by molar-refractivity contribution is 5.85. The van der Waals surface area contributed by atoms with E-state index in [1.54, 1.807) is 13.8 Å². The number of amides is 1. The monoisotopic (exact) mass is 280 g/mol. The molecule has 0 bridgehead atoms.